The van der Waals surface area contributed by atoms with Crippen LogP contribution >= 0.6 is 11.6 Å². The van der Waals surface area contributed by atoms with E-state index in [9.17, 15) is 14.4 Å². The molecule has 1 aliphatic rings. The quantitative estimate of drug-likeness (QED) is 0.630. The van der Waals surface area contributed by atoms with Crippen LogP contribution in [-0.2, 0) is 14.3 Å². The van der Waals surface area contributed by atoms with Crippen molar-refractivity contribution < 1.29 is 23.5 Å². The van der Waals surface area contributed by atoms with Crippen molar-refractivity contribution in [1.82, 2.24) is 20.5 Å². The van der Waals surface area contributed by atoms with Gasteiger partial charge in [-0.05, 0) is 31.4 Å². The molecule has 1 saturated carbocycles. The first kappa shape index (κ1) is 19.5. The number of nitrogens with one attached hydrogen (secondary N) is 2. The number of primary amides is 1. The minimum atomic E-state index is -0.981. The van der Waals surface area contributed by atoms with E-state index in [4.69, 9.17) is 26.5 Å². The van der Waals surface area contributed by atoms with E-state index in [-0.39, 0.29) is 11.7 Å². The number of pyridine rings is 1. The summed E-state index contributed by atoms with van der Waals surface area (Å²) in [5.74, 6) is -1.36. The third kappa shape index (κ3) is 4.94. The molecule has 0 saturated heterocycles. The van der Waals surface area contributed by atoms with E-state index in [0.29, 0.717) is 30.2 Å². The summed E-state index contributed by atoms with van der Waals surface area (Å²) in [4.78, 5) is 39.4. The summed E-state index contributed by atoms with van der Waals surface area (Å²) in [5, 5.41) is 12.8. The zero-order valence-corrected chi connectivity index (χ0v) is 15.3. The van der Waals surface area contributed by atoms with E-state index in [1.807, 2.05) is 0 Å². The van der Waals surface area contributed by atoms with Crippen molar-refractivity contribution in [3.63, 3.8) is 0 Å². The first-order valence-electron chi connectivity index (χ1n) is 8.38. The van der Waals surface area contributed by atoms with Gasteiger partial charge in [0, 0.05) is 12.1 Å². The number of nitrogens with zero attached hydrogens (tertiary/aromatic N) is 3. The predicted octanol–water partition coefficient (Wildman–Crippen LogP) is 0.973. The maximum atomic E-state index is 12.2. The van der Waals surface area contributed by atoms with Crippen molar-refractivity contribution in [2.24, 2.45) is 5.73 Å². The van der Waals surface area contributed by atoms with Gasteiger partial charge in [0.25, 0.3) is 0 Å². The number of carbonyl (C=O) groups is 3. The summed E-state index contributed by atoms with van der Waals surface area (Å²) in [6.07, 6.45) is 2.15. The SMILES string of the molecule is NC(=O)O[C@@H]1C[C@@H](c2nnco2)CC[C@@H]1NC(=O)C(=O)Nc1ccc(Cl)cn1. The zero-order valence-electron chi connectivity index (χ0n) is 14.5. The van der Waals surface area contributed by atoms with E-state index in [0.717, 1.165) is 0 Å². The fourth-order valence-corrected chi connectivity index (χ4v) is 3.13. The Hall–Kier alpha value is -3.21. The first-order chi connectivity index (χ1) is 13.4. The standard InChI is InChI=1S/C16H17ClN6O5/c17-9-2-4-12(19-6-9)22-14(25)13(24)21-10-3-1-8(15-23-20-7-27-15)5-11(10)28-16(18)26/h2,4,6-8,10-11H,1,3,5H2,(H2,18,26)(H,21,24)(H,19,22,25)/t8-,10-,11+/m0/s1. The molecular weight excluding hydrogens is 392 g/mol. The lowest BCUT2D eigenvalue weighted by Crippen LogP contribution is -2.51. The Labute approximate surface area is 164 Å². The molecule has 0 aliphatic heterocycles. The smallest absolute Gasteiger partial charge is 0.404 e. The van der Waals surface area contributed by atoms with Gasteiger partial charge in [0.2, 0.25) is 12.3 Å². The maximum absolute atomic E-state index is 12.2. The number of amides is 3. The summed E-state index contributed by atoms with van der Waals surface area (Å²) in [6, 6.07) is 2.39. The Morgan fingerprint density at radius 1 is 1.25 bits per heavy atom. The predicted molar refractivity (Wildman–Crippen MR) is 95.2 cm³/mol. The topological polar surface area (TPSA) is 162 Å². The summed E-state index contributed by atoms with van der Waals surface area (Å²) in [5.41, 5.74) is 5.13. The monoisotopic (exact) mass is 408 g/mol. The molecule has 2 heterocycles. The second-order valence-corrected chi connectivity index (χ2v) is 6.59. The van der Waals surface area contributed by atoms with Crippen molar-refractivity contribution in [2.75, 3.05) is 5.32 Å². The molecule has 3 amide bonds. The van der Waals surface area contributed by atoms with Crippen LogP contribution in [-0.4, -0.2) is 45.2 Å². The number of halogens is 1. The highest BCUT2D eigenvalue weighted by molar-refractivity contribution is 6.39. The van der Waals surface area contributed by atoms with Gasteiger partial charge >= 0.3 is 17.9 Å². The molecule has 12 heteroatoms. The van der Waals surface area contributed by atoms with Crippen LogP contribution in [0.3, 0.4) is 0 Å². The highest BCUT2D eigenvalue weighted by atomic mass is 35.5. The van der Waals surface area contributed by atoms with Crippen LogP contribution in [0.1, 0.15) is 31.1 Å². The number of hydrogen-bond donors (Lipinski definition) is 3. The summed E-state index contributed by atoms with van der Waals surface area (Å²) in [6.45, 7) is 0. The van der Waals surface area contributed by atoms with Gasteiger partial charge in [-0.1, -0.05) is 11.6 Å². The van der Waals surface area contributed by atoms with Gasteiger partial charge < -0.3 is 25.5 Å². The van der Waals surface area contributed by atoms with Gasteiger partial charge in [0.05, 0.1) is 11.1 Å². The molecular formula is C16H17ClN6O5. The van der Waals surface area contributed by atoms with Gasteiger partial charge in [0.15, 0.2) is 0 Å². The van der Waals surface area contributed by atoms with Crippen molar-refractivity contribution in [2.45, 2.75) is 37.3 Å². The van der Waals surface area contributed by atoms with E-state index in [1.54, 1.807) is 0 Å². The lowest BCUT2D eigenvalue weighted by molar-refractivity contribution is -0.137. The maximum Gasteiger partial charge on any atom is 0.404 e. The van der Waals surface area contributed by atoms with Gasteiger partial charge in [-0.3, -0.25) is 9.59 Å². The summed E-state index contributed by atoms with van der Waals surface area (Å²) < 4.78 is 10.3. The van der Waals surface area contributed by atoms with Crippen molar-refractivity contribution in [3.05, 3.63) is 35.6 Å². The van der Waals surface area contributed by atoms with Crippen LogP contribution in [0.4, 0.5) is 10.6 Å². The van der Waals surface area contributed by atoms with E-state index in [1.165, 1.54) is 24.7 Å². The fraction of sp³-hybridized carbons (Fsp3) is 0.375. The van der Waals surface area contributed by atoms with E-state index in [2.05, 4.69) is 25.8 Å². The molecule has 0 aromatic carbocycles. The number of hydrogen-bond acceptors (Lipinski definition) is 8. The molecule has 4 N–H and O–H groups in total. The Morgan fingerprint density at radius 2 is 2.07 bits per heavy atom. The van der Waals surface area contributed by atoms with Crippen molar-refractivity contribution in [3.8, 4) is 0 Å². The molecule has 11 nitrogen and oxygen atoms in total. The van der Waals surface area contributed by atoms with Gasteiger partial charge in [-0.15, -0.1) is 10.2 Å². The summed E-state index contributed by atoms with van der Waals surface area (Å²) >= 11 is 5.72. The average molecular weight is 409 g/mol. The van der Waals surface area contributed by atoms with Crippen LogP contribution in [0.25, 0.3) is 0 Å². The van der Waals surface area contributed by atoms with Crippen LogP contribution in [0.2, 0.25) is 5.02 Å². The highest BCUT2D eigenvalue weighted by Gasteiger charge is 2.37. The van der Waals surface area contributed by atoms with Crippen LogP contribution in [0.5, 0.6) is 0 Å². The molecule has 28 heavy (non-hydrogen) atoms. The molecule has 0 unspecified atom stereocenters. The second-order valence-electron chi connectivity index (χ2n) is 6.16. The number of anilines is 1. The summed E-state index contributed by atoms with van der Waals surface area (Å²) in [7, 11) is 0. The van der Waals surface area contributed by atoms with Crippen LogP contribution in [0, 0.1) is 0 Å². The molecule has 148 valence electrons. The second kappa shape index (κ2) is 8.65. The van der Waals surface area contributed by atoms with Crippen molar-refractivity contribution in [1.29, 1.82) is 0 Å². The number of ether oxygens (including phenoxy) is 1. The van der Waals surface area contributed by atoms with Gasteiger partial charge in [-0.2, -0.15) is 0 Å². The molecule has 3 atom stereocenters. The first-order valence-corrected chi connectivity index (χ1v) is 8.75. The normalized spacial score (nSPS) is 21.5. The Morgan fingerprint density at radius 3 is 2.71 bits per heavy atom. The highest BCUT2D eigenvalue weighted by Crippen LogP contribution is 2.33. The average Bonchev–Trinajstić information content (AvgIpc) is 3.19. The molecule has 2 aromatic rings. The Bertz CT molecular complexity index is 844. The third-order valence-electron chi connectivity index (χ3n) is 4.28. The zero-order chi connectivity index (χ0) is 20.1. The van der Waals surface area contributed by atoms with Gasteiger partial charge in [-0.25, -0.2) is 9.78 Å². The third-order valence-corrected chi connectivity index (χ3v) is 4.50. The number of rotatable bonds is 4. The lowest BCUT2D eigenvalue weighted by Gasteiger charge is -2.34. The lowest BCUT2D eigenvalue weighted by atomic mass is 9.83. The Kier molecular flexibility index (Phi) is 6.04. The van der Waals surface area contributed by atoms with Crippen molar-refractivity contribution >= 4 is 35.3 Å². The molecule has 1 fully saturated rings. The molecule has 0 bridgehead atoms. The fourth-order valence-electron chi connectivity index (χ4n) is 3.01. The Balaban J connectivity index is 1.62. The molecule has 1 aliphatic carbocycles. The molecule has 3 rings (SSSR count). The molecule has 0 spiro atoms. The van der Waals surface area contributed by atoms with Crippen LogP contribution < -0.4 is 16.4 Å². The number of carbonyl (C=O) groups excluding carboxylic acids is 3. The van der Waals surface area contributed by atoms with E-state index < -0.39 is 30.1 Å². The van der Waals surface area contributed by atoms with Crippen LogP contribution in [0.15, 0.2) is 29.1 Å². The largest absolute Gasteiger partial charge is 0.444 e. The molecule has 2 aromatic heterocycles. The number of aromatic nitrogens is 3. The van der Waals surface area contributed by atoms with Gasteiger partial charge in [0.1, 0.15) is 11.9 Å². The minimum Gasteiger partial charge on any atom is -0.444 e. The van der Waals surface area contributed by atoms with E-state index >= 15 is 0 Å². The number of nitrogens with two attached hydrogens (primary N) is 1. The molecule has 0 radical (unpaired) electrons. The minimum absolute atomic E-state index is 0.146.